The molecule has 4 heteroatoms. The van der Waals surface area contributed by atoms with Crippen LogP contribution in [-0.2, 0) is 0 Å². The monoisotopic (exact) mass is 259 g/mol. The first kappa shape index (κ1) is 23.6. The van der Waals surface area contributed by atoms with E-state index in [2.05, 4.69) is 45.9 Å². The molecule has 0 amide bonds. The summed E-state index contributed by atoms with van der Waals surface area (Å²) in [6, 6.07) is 15.5. The predicted octanol–water partition coefficient (Wildman–Crippen LogP) is -3.85. The standard InChI is InChI=1S/C17H20N.3Li/c1-13(17(2,3)4)12-18-16-11-7-9-14-8-5-6-10-15(14)16;;;/h5-9,11,13H,1,12H2,2-4H3;;;/q-3;3*+1. The molecule has 0 aliphatic rings. The molecule has 0 spiro atoms. The van der Waals surface area contributed by atoms with Crippen molar-refractivity contribution in [2.24, 2.45) is 11.3 Å². The zero-order chi connectivity index (χ0) is 13.2. The maximum absolute atomic E-state index is 4.71. The second-order valence-corrected chi connectivity index (χ2v) is 5.82. The average molecular weight is 259 g/mol. The number of hydrogen-bond acceptors (Lipinski definition) is 0. The quantitative estimate of drug-likeness (QED) is 0.396. The Labute approximate surface area is 165 Å². The normalized spacial score (nSPS) is 11.6. The van der Waals surface area contributed by atoms with E-state index in [4.69, 9.17) is 5.32 Å². The van der Waals surface area contributed by atoms with E-state index in [-0.39, 0.29) is 62.0 Å². The molecule has 1 atom stereocenters. The Morgan fingerprint density at radius 3 is 2.33 bits per heavy atom. The van der Waals surface area contributed by atoms with Crippen LogP contribution in [0.15, 0.2) is 36.4 Å². The minimum absolute atomic E-state index is 0. The van der Waals surface area contributed by atoms with Gasteiger partial charge in [-0.25, -0.2) is 5.69 Å². The molecule has 21 heavy (non-hydrogen) atoms. The summed E-state index contributed by atoms with van der Waals surface area (Å²) in [7, 11) is 0. The van der Waals surface area contributed by atoms with Crippen LogP contribution < -0.4 is 56.6 Å². The average Bonchev–Trinajstić information content (AvgIpc) is 2.34. The van der Waals surface area contributed by atoms with Crippen molar-refractivity contribution >= 4 is 16.5 Å². The van der Waals surface area contributed by atoms with Crippen LogP contribution >= 0.6 is 0 Å². The molecule has 0 fully saturated rings. The number of nitrogens with zero attached hydrogens (tertiary/aromatic N) is 1. The van der Waals surface area contributed by atoms with Gasteiger partial charge < -0.3 is 12.2 Å². The Morgan fingerprint density at radius 2 is 1.71 bits per heavy atom. The summed E-state index contributed by atoms with van der Waals surface area (Å²) in [6.45, 7) is 11.6. The van der Waals surface area contributed by atoms with Gasteiger partial charge in [0.25, 0.3) is 0 Å². The summed E-state index contributed by atoms with van der Waals surface area (Å²) < 4.78 is 0. The van der Waals surface area contributed by atoms with Gasteiger partial charge in [0.1, 0.15) is 0 Å². The van der Waals surface area contributed by atoms with Gasteiger partial charge in [0, 0.05) is 0 Å². The fourth-order valence-electron chi connectivity index (χ4n) is 1.75. The Balaban J connectivity index is 0. The van der Waals surface area contributed by atoms with Crippen LogP contribution in [0.1, 0.15) is 20.8 Å². The van der Waals surface area contributed by atoms with Crippen LogP contribution in [0.5, 0.6) is 0 Å². The van der Waals surface area contributed by atoms with E-state index in [1.807, 2.05) is 24.3 Å². The first-order valence-corrected chi connectivity index (χ1v) is 6.38. The number of fused-ring (bicyclic) bond motifs is 1. The molecule has 0 saturated heterocycles. The van der Waals surface area contributed by atoms with Crippen molar-refractivity contribution in [1.29, 1.82) is 0 Å². The van der Waals surface area contributed by atoms with Gasteiger partial charge >= 0.3 is 56.6 Å². The van der Waals surface area contributed by atoms with E-state index in [1.165, 1.54) is 5.39 Å². The van der Waals surface area contributed by atoms with Crippen LogP contribution in [0.3, 0.4) is 0 Å². The van der Waals surface area contributed by atoms with Crippen molar-refractivity contribution in [2.75, 3.05) is 6.54 Å². The topological polar surface area (TPSA) is 14.1 Å². The van der Waals surface area contributed by atoms with Crippen molar-refractivity contribution in [1.82, 2.24) is 0 Å². The van der Waals surface area contributed by atoms with Crippen molar-refractivity contribution in [2.45, 2.75) is 20.8 Å². The Kier molecular flexibility index (Phi) is 11.4. The van der Waals surface area contributed by atoms with Crippen LogP contribution in [-0.4, -0.2) is 6.54 Å². The SMILES string of the molecule is [CH2-]C(C[N-]c1cccc2ccc[c-]c12)C(C)(C)C.[Li+].[Li+].[Li+]. The summed E-state index contributed by atoms with van der Waals surface area (Å²) in [6.07, 6.45) is 0. The van der Waals surface area contributed by atoms with Gasteiger partial charge in [-0.15, -0.1) is 35.7 Å². The first-order valence-electron chi connectivity index (χ1n) is 6.38. The van der Waals surface area contributed by atoms with Crippen molar-refractivity contribution in [3.63, 3.8) is 0 Å². The van der Waals surface area contributed by atoms with Crippen LogP contribution in [0.4, 0.5) is 5.69 Å². The van der Waals surface area contributed by atoms with Crippen LogP contribution in [0.25, 0.3) is 16.1 Å². The molecule has 96 valence electrons. The summed E-state index contributed by atoms with van der Waals surface area (Å²) >= 11 is 0. The summed E-state index contributed by atoms with van der Waals surface area (Å²) in [5.41, 5.74) is 1.21. The maximum Gasteiger partial charge on any atom is 1.00 e. The molecule has 0 aliphatic carbocycles. The van der Waals surface area contributed by atoms with Crippen molar-refractivity contribution < 1.29 is 56.6 Å². The third kappa shape index (κ3) is 6.51. The van der Waals surface area contributed by atoms with Gasteiger partial charge in [-0.05, 0) is 0 Å². The minimum Gasteiger partial charge on any atom is -0.730 e. The smallest absolute Gasteiger partial charge is 0.730 e. The Morgan fingerprint density at radius 1 is 1.10 bits per heavy atom. The molecule has 0 N–H and O–H groups in total. The van der Waals surface area contributed by atoms with Crippen LogP contribution in [0.2, 0.25) is 0 Å². The zero-order valence-electron chi connectivity index (χ0n) is 14.4. The summed E-state index contributed by atoms with van der Waals surface area (Å²) in [5.74, 6) is 0.316. The molecular weight excluding hydrogens is 239 g/mol. The molecule has 1 unspecified atom stereocenters. The fourth-order valence-corrected chi connectivity index (χ4v) is 1.75. The van der Waals surface area contributed by atoms with Crippen LogP contribution in [0, 0.1) is 24.3 Å². The molecule has 1 nitrogen and oxygen atoms in total. The Hall–Kier alpha value is 0.292. The fraction of sp³-hybridized carbons (Fsp3) is 0.353. The van der Waals surface area contributed by atoms with Gasteiger partial charge in [0.2, 0.25) is 0 Å². The molecule has 2 aromatic carbocycles. The van der Waals surface area contributed by atoms with E-state index in [0.29, 0.717) is 5.92 Å². The Bertz CT molecular complexity index is 530. The molecule has 2 rings (SSSR count). The second kappa shape index (κ2) is 10.1. The molecular formula is C17H20Li3N. The van der Waals surface area contributed by atoms with Crippen molar-refractivity contribution in [3.05, 3.63) is 54.7 Å². The van der Waals surface area contributed by atoms with E-state index >= 15 is 0 Å². The predicted molar refractivity (Wildman–Crippen MR) is 79.0 cm³/mol. The third-order valence-electron chi connectivity index (χ3n) is 3.38. The summed E-state index contributed by atoms with van der Waals surface area (Å²) in [4.78, 5) is 0. The van der Waals surface area contributed by atoms with E-state index < -0.39 is 0 Å². The second-order valence-electron chi connectivity index (χ2n) is 5.82. The number of benzene rings is 2. The van der Waals surface area contributed by atoms with E-state index in [0.717, 1.165) is 17.6 Å². The molecule has 0 heterocycles. The van der Waals surface area contributed by atoms with Gasteiger partial charge in [-0.3, -0.25) is 0 Å². The number of hydrogen-bond donors (Lipinski definition) is 0. The molecule has 0 bridgehead atoms. The van der Waals surface area contributed by atoms with Gasteiger partial charge in [0.05, 0.1) is 0 Å². The maximum atomic E-state index is 4.71. The first-order chi connectivity index (χ1) is 8.48. The summed E-state index contributed by atoms with van der Waals surface area (Å²) in [5, 5.41) is 7.00. The van der Waals surface area contributed by atoms with Gasteiger partial charge in [0.15, 0.2) is 0 Å². The zero-order valence-corrected chi connectivity index (χ0v) is 14.4. The number of rotatable bonds is 3. The third-order valence-corrected chi connectivity index (χ3v) is 3.38. The molecule has 2 aromatic rings. The van der Waals surface area contributed by atoms with Gasteiger partial charge in [-0.1, -0.05) is 38.3 Å². The molecule has 0 radical (unpaired) electrons. The molecule has 0 aliphatic heterocycles. The molecule has 0 aromatic heterocycles. The largest absolute Gasteiger partial charge is 1.00 e. The van der Waals surface area contributed by atoms with E-state index in [1.54, 1.807) is 0 Å². The van der Waals surface area contributed by atoms with Crippen molar-refractivity contribution in [3.8, 4) is 0 Å². The van der Waals surface area contributed by atoms with E-state index in [9.17, 15) is 0 Å². The minimum atomic E-state index is 0. The molecule has 0 saturated carbocycles. The van der Waals surface area contributed by atoms with Gasteiger partial charge in [-0.2, -0.15) is 17.8 Å².